The van der Waals surface area contributed by atoms with Gasteiger partial charge in [0, 0.05) is 37.1 Å². The first kappa shape index (κ1) is 20.1. The molecule has 0 spiro atoms. The molecule has 1 aliphatic heterocycles. The van der Waals surface area contributed by atoms with Crippen LogP contribution in [-0.2, 0) is 11.2 Å². The van der Waals surface area contributed by atoms with E-state index in [4.69, 9.17) is 11.6 Å². The Morgan fingerprint density at radius 3 is 2.68 bits per heavy atom. The van der Waals surface area contributed by atoms with Crippen LogP contribution in [0.15, 0.2) is 36.7 Å². The predicted octanol–water partition coefficient (Wildman–Crippen LogP) is 3.61. The number of hydrogen-bond acceptors (Lipinski definition) is 4. The highest BCUT2D eigenvalue weighted by atomic mass is 35.5. The molecule has 0 unspecified atom stereocenters. The third-order valence-electron chi connectivity index (χ3n) is 5.15. The summed E-state index contributed by atoms with van der Waals surface area (Å²) < 4.78 is 0. The molecule has 1 N–H and O–H groups in total. The lowest BCUT2D eigenvalue weighted by molar-refractivity contribution is -0.135. The number of rotatable bonds is 6. The number of aryl methyl sites for hydroxylation is 1. The van der Waals surface area contributed by atoms with E-state index in [1.54, 1.807) is 24.5 Å². The highest BCUT2D eigenvalue weighted by molar-refractivity contribution is 6.30. The minimum Gasteiger partial charge on any atom is -0.367 e. The van der Waals surface area contributed by atoms with Crippen molar-refractivity contribution >= 4 is 34.8 Å². The Morgan fingerprint density at radius 1 is 1.25 bits per heavy atom. The standard InChI is InChI=1S/C21H25ClN4O2/c1-4-14-8-15(22)6-7-19(14)21(28)24-16-9-17(11-23-10-16)25(3)18-12-26(13-18)20(27)5-2/h6-11,18H,4-5,12-13H2,1-3H3,(H,24,28). The van der Waals surface area contributed by atoms with Gasteiger partial charge in [-0.1, -0.05) is 25.4 Å². The molecule has 28 heavy (non-hydrogen) atoms. The lowest BCUT2D eigenvalue weighted by atomic mass is 10.0. The molecule has 6 nitrogen and oxygen atoms in total. The molecule has 0 radical (unpaired) electrons. The number of nitrogens with one attached hydrogen (secondary N) is 1. The number of halogens is 1. The van der Waals surface area contributed by atoms with E-state index in [1.807, 2.05) is 37.9 Å². The highest BCUT2D eigenvalue weighted by Gasteiger charge is 2.32. The summed E-state index contributed by atoms with van der Waals surface area (Å²) in [6.45, 7) is 5.29. The molecule has 2 aromatic rings. The lowest BCUT2D eigenvalue weighted by Gasteiger charge is -2.44. The molecule has 3 rings (SSSR count). The van der Waals surface area contributed by atoms with Crippen LogP contribution < -0.4 is 10.2 Å². The monoisotopic (exact) mass is 400 g/mol. The fourth-order valence-electron chi connectivity index (χ4n) is 3.30. The number of nitrogens with zero attached hydrogens (tertiary/aromatic N) is 3. The Bertz CT molecular complexity index is 880. The van der Waals surface area contributed by atoms with Crippen LogP contribution in [0.4, 0.5) is 11.4 Å². The molecule has 7 heteroatoms. The number of hydrogen-bond donors (Lipinski definition) is 1. The van der Waals surface area contributed by atoms with Gasteiger partial charge in [0.15, 0.2) is 0 Å². The van der Waals surface area contributed by atoms with Gasteiger partial charge in [-0.15, -0.1) is 0 Å². The normalized spacial score (nSPS) is 13.8. The molecule has 2 amide bonds. The second kappa shape index (κ2) is 8.61. The molecule has 0 saturated carbocycles. The summed E-state index contributed by atoms with van der Waals surface area (Å²) in [4.78, 5) is 32.6. The van der Waals surface area contributed by atoms with Crippen molar-refractivity contribution in [3.05, 3.63) is 52.8 Å². The van der Waals surface area contributed by atoms with Gasteiger partial charge < -0.3 is 15.1 Å². The number of aromatic nitrogens is 1. The summed E-state index contributed by atoms with van der Waals surface area (Å²) in [6, 6.07) is 7.44. The number of amides is 2. The lowest BCUT2D eigenvalue weighted by Crippen LogP contribution is -2.60. The summed E-state index contributed by atoms with van der Waals surface area (Å²) >= 11 is 6.03. The first-order valence-corrected chi connectivity index (χ1v) is 9.86. The van der Waals surface area contributed by atoms with Gasteiger partial charge in [-0.05, 0) is 36.2 Å². The number of pyridine rings is 1. The van der Waals surface area contributed by atoms with E-state index in [0.29, 0.717) is 35.8 Å². The van der Waals surface area contributed by atoms with Crippen LogP contribution >= 0.6 is 11.6 Å². The Hall–Kier alpha value is -2.60. The Balaban J connectivity index is 1.68. The molecule has 0 atom stereocenters. The zero-order valence-electron chi connectivity index (χ0n) is 16.4. The van der Waals surface area contributed by atoms with Crippen LogP contribution in [-0.4, -0.2) is 47.9 Å². The van der Waals surface area contributed by atoms with Crippen molar-refractivity contribution in [2.75, 3.05) is 30.4 Å². The molecule has 1 aliphatic rings. The Labute approximate surface area is 170 Å². The zero-order chi connectivity index (χ0) is 20.3. The zero-order valence-corrected chi connectivity index (χ0v) is 17.2. The third-order valence-corrected chi connectivity index (χ3v) is 5.38. The summed E-state index contributed by atoms with van der Waals surface area (Å²) in [5.41, 5.74) is 3.05. The fourth-order valence-corrected chi connectivity index (χ4v) is 3.50. The van der Waals surface area contributed by atoms with Crippen molar-refractivity contribution in [1.29, 1.82) is 0 Å². The van der Waals surface area contributed by atoms with Crippen LogP contribution in [0.5, 0.6) is 0 Å². The van der Waals surface area contributed by atoms with E-state index in [9.17, 15) is 9.59 Å². The molecule has 0 bridgehead atoms. The predicted molar refractivity (Wildman–Crippen MR) is 112 cm³/mol. The van der Waals surface area contributed by atoms with Crippen LogP contribution in [0, 0.1) is 0 Å². The molecular weight excluding hydrogens is 376 g/mol. The quantitative estimate of drug-likeness (QED) is 0.804. The number of carbonyl (C=O) groups is 2. The van der Waals surface area contributed by atoms with Crippen LogP contribution in [0.2, 0.25) is 5.02 Å². The van der Waals surface area contributed by atoms with Crippen LogP contribution in [0.1, 0.15) is 36.2 Å². The van der Waals surface area contributed by atoms with Crippen molar-refractivity contribution in [3.8, 4) is 0 Å². The van der Waals surface area contributed by atoms with Gasteiger partial charge in [-0.25, -0.2) is 0 Å². The fraction of sp³-hybridized carbons (Fsp3) is 0.381. The Morgan fingerprint density at radius 2 is 2.00 bits per heavy atom. The van der Waals surface area contributed by atoms with E-state index in [0.717, 1.165) is 17.7 Å². The molecule has 148 valence electrons. The second-order valence-electron chi connectivity index (χ2n) is 6.96. The van der Waals surface area contributed by atoms with E-state index in [-0.39, 0.29) is 17.9 Å². The van der Waals surface area contributed by atoms with Crippen LogP contribution in [0.25, 0.3) is 0 Å². The van der Waals surface area contributed by atoms with Gasteiger partial charge in [0.1, 0.15) is 0 Å². The number of anilines is 2. The second-order valence-corrected chi connectivity index (χ2v) is 7.39. The summed E-state index contributed by atoms with van der Waals surface area (Å²) in [5, 5.41) is 3.54. The van der Waals surface area contributed by atoms with Gasteiger partial charge in [-0.3, -0.25) is 14.6 Å². The van der Waals surface area contributed by atoms with E-state index in [1.165, 1.54) is 0 Å². The SMILES string of the molecule is CCC(=O)N1CC(N(C)c2cncc(NC(=O)c3ccc(Cl)cc3CC)c2)C1. The number of likely N-dealkylation sites (N-methyl/N-ethyl adjacent to an activating group) is 1. The van der Waals surface area contributed by atoms with Gasteiger partial charge in [0.2, 0.25) is 5.91 Å². The van der Waals surface area contributed by atoms with E-state index >= 15 is 0 Å². The average Bonchev–Trinajstić information content (AvgIpc) is 2.66. The number of benzene rings is 1. The van der Waals surface area contributed by atoms with Crippen molar-refractivity contribution in [3.63, 3.8) is 0 Å². The third kappa shape index (κ3) is 4.28. The first-order valence-electron chi connectivity index (χ1n) is 9.48. The van der Waals surface area contributed by atoms with Crippen LogP contribution in [0.3, 0.4) is 0 Å². The summed E-state index contributed by atoms with van der Waals surface area (Å²) in [6.07, 6.45) is 4.65. The molecule has 0 aliphatic carbocycles. The van der Waals surface area contributed by atoms with Crippen molar-refractivity contribution in [2.45, 2.75) is 32.7 Å². The van der Waals surface area contributed by atoms with E-state index in [2.05, 4.69) is 15.2 Å². The van der Waals surface area contributed by atoms with Gasteiger partial charge in [-0.2, -0.15) is 0 Å². The summed E-state index contributed by atoms with van der Waals surface area (Å²) in [5.74, 6) is -0.00281. The Kier molecular flexibility index (Phi) is 6.19. The number of likely N-dealkylation sites (tertiary alicyclic amines) is 1. The molecule has 1 aromatic heterocycles. The molecule has 2 heterocycles. The molecule has 1 saturated heterocycles. The minimum atomic E-state index is -0.182. The van der Waals surface area contributed by atoms with Gasteiger partial charge >= 0.3 is 0 Å². The number of carbonyl (C=O) groups excluding carboxylic acids is 2. The smallest absolute Gasteiger partial charge is 0.255 e. The highest BCUT2D eigenvalue weighted by Crippen LogP contribution is 2.24. The molecule has 1 fully saturated rings. The maximum Gasteiger partial charge on any atom is 0.255 e. The van der Waals surface area contributed by atoms with Crippen molar-refractivity contribution < 1.29 is 9.59 Å². The average molecular weight is 401 g/mol. The molecule has 1 aromatic carbocycles. The van der Waals surface area contributed by atoms with Crippen molar-refractivity contribution in [1.82, 2.24) is 9.88 Å². The largest absolute Gasteiger partial charge is 0.367 e. The maximum absolute atomic E-state index is 12.7. The van der Waals surface area contributed by atoms with Gasteiger partial charge in [0.25, 0.3) is 5.91 Å². The summed E-state index contributed by atoms with van der Waals surface area (Å²) in [7, 11) is 1.98. The maximum atomic E-state index is 12.7. The molecular formula is C21H25ClN4O2. The van der Waals surface area contributed by atoms with E-state index < -0.39 is 0 Å². The first-order chi connectivity index (χ1) is 13.4. The minimum absolute atomic E-state index is 0.179. The van der Waals surface area contributed by atoms with Crippen molar-refractivity contribution in [2.24, 2.45) is 0 Å². The topological polar surface area (TPSA) is 65.5 Å². The van der Waals surface area contributed by atoms with Gasteiger partial charge in [0.05, 0.1) is 29.8 Å².